The maximum absolute atomic E-state index is 13.0. The number of amides is 1. The summed E-state index contributed by atoms with van der Waals surface area (Å²) < 4.78 is 35.6. The summed E-state index contributed by atoms with van der Waals surface area (Å²) in [7, 11) is -3.83. The zero-order chi connectivity index (χ0) is 21.4. The highest BCUT2D eigenvalue weighted by atomic mass is 32.2. The monoisotopic (exact) mass is 420 g/mol. The van der Waals surface area contributed by atoms with Crippen LogP contribution in [0.25, 0.3) is 0 Å². The number of aromatic nitrogens is 2. The van der Waals surface area contributed by atoms with Gasteiger partial charge in [-0.05, 0) is 64.3 Å². The summed E-state index contributed by atoms with van der Waals surface area (Å²) in [6.45, 7) is 10.0. The minimum absolute atomic E-state index is 0.0936. The summed E-state index contributed by atoms with van der Waals surface area (Å²) >= 11 is 0. The van der Waals surface area contributed by atoms with Gasteiger partial charge in [0.15, 0.2) is 5.03 Å². The summed E-state index contributed by atoms with van der Waals surface area (Å²) in [6, 6.07) is 6.87. The van der Waals surface area contributed by atoms with Gasteiger partial charge in [0, 0.05) is 12.6 Å². The highest BCUT2D eigenvalue weighted by molar-refractivity contribution is 7.92. The molecule has 1 aromatic carbocycles. The molecule has 1 aromatic heterocycles. The van der Waals surface area contributed by atoms with E-state index < -0.39 is 21.7 Å². The first-order valence-corrected chi connectivity index (χ1v) is 11.1. The number of fused-ring (bicyclic) bond motifs is 1. The number of sulfonamides is 1. The molecule has 2 aromatic rings. The third-order valence-corrected chi connectivity index (χ3v) is 5.93. The first-order valence-electron chi connectivity index (χ1n) is 9.63. The number of nitrogens with one attached hydrogen (secondary N) is 1. The fourth-order valence-corrected chi connectivity index (χ4v) is 4.59. The van der Waals surface area contributed by atoms with E-state index >= 15 is 0 Å². The Bertz CT molecular complexity index is 1010. The molecule has 29 heavy (non-hydrogen) atoms. The lowest BCUT2D eigenvalue weighted by Gasteiger charge is -2.32. The quantitative estimate of drug-likeness (QED) is 0.816. The molecule has 9 heteroatoms. The Morgan fingerprint density at radius 1 is 1.24 bits per heavy atom. The lowest BCUT2D eigenvalue weighted by atomic mass is 9.98. The SMILES string of the molecule is CC(C)n1nccc1S(=O)(=O)Nc1cccc2c1CN(C(=O)OC(C)(C)C)CC2. The first-order chi connectivity index (χ1) is 13.5. The summed E-state index contributed by atoms with van der Waals surface area (Å²) in [5, 5.41) is 4.21. The standard InChI is InChI=1S/C20H28N4O4S/c1-14(2)24-18(9-11-21-24)29(26,27)22-17-8-6-7-15-10-12-23(13-16(15)17)19(25)28-20(3,4)5/h6-9,11,14,22H,10,12-13H2,1-5H3. The van der Waals surface area contributed by atoms with Crippen molar-refractivity contribution in [3.8, 4) is 0 Å². The number of carbonyl (C=O) groups is 1. The van der Waals surface area contributed by atoms with E-state index in [-0.39, 0.29) is 17.6 Å². The third-order valence-electron chi connectivity index (χ3n) is 4.57. The van der Waals surface area contributed by atoms with Gasteiger partial charge >= 0.3 is 6.09 Å². The number of ether oxygens (including phenoxy) is 1. The lowest BCUT2D eigenvalue weighted by Crippen LogP contribution is -2.40. The van der Waals surface area contributed by atoms with E-state index in [9.17, 15) is 13.2 Å². The van der Waals surface area contributed by atoms with Crippen molar-refractivity contribution in [2.75, 3.05) is 11.3 Å². The molecule has 8 nitrogen and oxygen atoms in total. The molecule has 0 radical (unpaired) electrons. The van der Waals surface area contributed by atoms with Crippen LogP contribution in [0.1, 0.15) is 51.8 Å². The molecule has 1 aliphatic rings. The molecule has 3 rings (SSSR count). The molecular weight excluding hydrogens is 392 g/mol. The molecule has 0 atom stereocenters. The average Bonchev–Trinajstić information content (AvgIpc) is 3.11. The van der Waals surface area contributed by atoms with Crippen LogP contribution in [0, 0.1) is 0 Å². The number of rotatable bonds is 4. The molecule has 158 valence electrons. The summed E-state index contributed by atoms with van der Waals surface area (Å²) in [6.07, 6.45) is 1.70. The highest BCUT2D eigenvalue weighted by Gasteiger charge is 2.28. The molecule has 1 aliphatic heterocycles. The van der Waals surface area contributed by atoms with Crippen molar-refractivity contribution in [2.45, 2.75) is 64.3 Å². The van der Waals surface area contributed by atoms with Crippen LogP contribution < -0.4 is 4.72 Å². The number of benzene rings is 1. The van der Waals surface area contributed by atoms with Gasteiger partial charge in [0.2, 0.25) is 0 Å². The Balaban J connectivity index is 1.88. The van der Waals surface area contributed by atoms with Gasteiger partial charge in [-0.1, -0.05) is 12.1 Å². The maximum atomic E-state index is 13.0. The molecule has 0 aliphatic carbocycles. The van der Waals surface area contributed by atoms with E-state index in [1.54, 1.807) is 11.0 Å². The van der Waals surface area contributed by atoms with Gasteiger partial charge in [-0.2, -0.15) is 13.5 Å². The molecule has 0 saturated heterocycles. The van der Waals surface area contributed by atoms with Crippen LogP contribution in [0.15, 0.2) is 35.5 Å². The highest BCUT2D eigenvalue weighted by Crippen LogP contribution is 2.29. The number of carbonyl (C=O) groups excluding carboxylic acids is 1. The minimum atomic E-state index is -3.83. The van der Waals surface area contributed by atoms with Crippen molar-refractivity contribution in [3.05, 3.63) is 41.6 Å². The molecule has 0 saturated carbocycles. The predicted molar refractivity (Wildman–Crippen MR) is 110 cm³/mol. The Morgan fingerprint density at radius 2 is 1.97 bits per heavy atom. The predicted octanol–water partition coefficient (Wildman–Crippen LogP) is 3.56. The van der Waals surface area contributed by atoms with Crippen molar-refractivity contribution >= 4 is 21.8 Å². The number of nitrogens with zero attached hydrogens (tertiary/aromatic N) is 3. The van der Waals surface area contributed by atoms with E-state index in [0.29, 0.717) is 18.7 Å². The maximum Gasteiger partial charge on any atom is 0.410 e. The second-order valence-corrected chi connectivity index (χ2v) is 10.0. The van der Waals surface area contributed by atoms with Crippen LogP contribution >= 0.6 is 0 Å². The second-order valence-electron chi connectivity index (χ2n) is 8.41. The smallest absolute Gasteiger partial charge is 0.410 e. The van der Waals surface area contributed by atoms with Crippen LogP contribution in [0.4, 0.5) is 10.5 Å². The van der Waals surface area contributed by atoms with Gasteiger partial charge in [-0.25, -0.2) is 9.48 Å². The van der Waals surface area contributed by atoms with Gasteiger partial charge in [-0.15, -0.1) is 0 Å². The van der Waals surface area contributed by atoms with Crippen LogP contribution in [-0.2, 0) is 27.7 Å². The van der Waals surface area contributed by atoms with E-state index in [1.165, 1.54) is 16.9 Å². The topological polar surface area (TPSA) is 93.5 Å². The molecule has 1 N–H and O–H groups in total. The fraction of sp³-hybridized carbons (Fsp3) is 0.500. The van der Waals surface area contributed by atoms with Crippen LogP contribution in [-0.4, -0.2) is 41.3 Å². The van der Waals surface area contributed by atoms with Crippen LogP contribution in [0.2, 0.25) is 0 Å². The summed E-state index contributed by atoms with van der Waals surface area (Å²) in [4.78, 5) is 14.1. The van der Waals surface area contributed by atoms with Crippen LogP contribution in [0.3, 0.4) is 0 Å². The number of hydrogen-bond donors (Lipinski definition) is 1. The molecular formula is C20H28N4O4S. The normalized spacial score (nSPS) is 14.6. The van der Waals surface area contributed by atoms with Crippen molar-refractivity contribution < 1.29 is 17.9 Å². The van der Waals surface area contributed by atoms with Crippen molar-refractivity contribution in [1.82, 2.24) is 14.7 Å². The molecule has 1 amide bonds. The first kappa shape index (κ1) is 21.2. The second kappa shape index (κ2) is 7.70. The van der Waals surface area contributed by atoms with Gasteiger partial charge in [0.25, 0.3) is 10.0 Å². The third kappa shape index (κ3) is 4.72. The van der Waals surface area contributed by atoms with E-state index in [0.717, 1.165) is 11.1 Å². The van der Waals surface area contributed by atoms with Gasteiger partial charge in [0.05, 0.1) is 18.4 Å². The zero-order valence-corrected chi connectivity index (χ0v) is 18.3. The Hall–Kier alpha value is -2.55. The summed E-state index contributed by atoms with van der Waals surface area (Å²) in [5.74, 6) is 0. The molecule has 0 unspecified atom stereocenters. The van der Waals surface area contributed by atoms with E-state index in [4.69, 9.17) is 4.74 Å². The lowest BCUT2D eigenvalue weighted by molar-refractivity contribution is 0.0224. The Labute approximate surface area is 171 Å². The Kier molecular flexibility index (Phi) is 5.62. The van der Waals surface area contributed by atoms with Gasteiger partial charge in [0.1, 0.15) is 5.60 Å². The summed E-state index contributed by atoms with van der Waals surface area (Å²) in [5.41, 5.74) is 1.67. The average molecular weight is 421 g/mol. The van der Waals surface area contributed by atoms with Gasteiger partial charge < -0.3 is 9.64 Å². The minimum Gasteiger partial charge on any atom is -0.444 e. The molecule has 2 heterocycles. The largest absolute Gasteiger partial charge is 0.444 e. The van der Waals surface area contributed by atoms with Gasteiger partial charge in [-0.3, -0.25) is 4.72 Å². The number of hydrogen-bond acceptors (Lipinski definition) is 5. The molecule has 0 spiro atoms. The number of anilines is 1. The molecule has 0 fully saturated rings. The Morgan fingerprint density at radius 3 is 2.62 bits per heavy atom. The van der Waals surface area contributed by atoms with Crippen molar-refractivity contribution in [2.24, 2.45) is 0 Å². The van der Waals surface area contributed by atoms with Crippen LogP contribution in [0.5, 0.6) is 0 Å². The van der Waals surface area contributed by atoms with E-state index in [1.807, 2.05) is 46.8 Å². The zero-order valence-electron chi connectivity index (χ0n) is 17.5. The molecule has 0 bridgehead atoms. The van der Waals surface area contributed by atoms with Crippen molar-refractivity contribution in [1.29, 1.82) is 0 Å². The van der Waals surface area contributed by atoms with Crippen molar-refractivity contribution in [3.63, 3.8) is 0 Å². The van der Waals surface area contributed by atoms with E-state index in [2.05, 4.69) is 9.82 Å². The fourth-order valence-electron chi connectivity index (χ4n) is 3.26.